The second-order valence-electron chi connectivity index (χ2n) is 23.9. The van der Waals surface area contributed by atoms with Crippen LogP contribution < -0.4 is 5.32 Å². The summed E-state index contributed by atoms with van der Waals surface area (Å²) in [6, 6.07) is -1.02. The van der Waals surface area contributed by atoms with Crippen LogP contribution in [0.3, 0.4) is 0 Å². The molecule has 8 unspecified atom stereocenters. The van der Waals surface area contributed by atoms with Gasteiger partial charge in [0, 0.05) is 6.42 Å². The molecule has 1 aliphatic rings. The number of ether oxygens (including phenoxy) is 3. The molecule has 0 spiro atoms. The number of allylic oxidation sites excluding steroid dienone is 5. The zero-order chi connectivity index (χ0) is 58.2. The van der Waals surface area contributed by atoms with Crippen LogP contribution in [-0.2, 0) is 23.8 Å². The summed E-state index contributed by atoms with van der Waals surface area (Å²) in [6.45, 7) is 5.80. The van der Waals surface area contributed by atoms with Crippen molar-refractivity contribution in [2.24, 2.45) is 0 Å². The highest BCUT2D eigenvalue weighted by Crippen LogP contribution is 2.26. The number of unbranched alkanes of at least 4 members (excludes halogenated alkanes) is 41. The molecule has 1 saturated heterocycles. The van der Waals surface area contributed by atoms with E-state index in [4.69, 9.17) is 14.2 Å². The number of carbonyl (C=O) groups excluding carboxylic acids is 2. The third-order valence-corrected chi connectivity index (χ3v) is 16.3. The van der Waals surface area contributed by atoms with Crippen molar-refractivity contribution in [3.8, 4) is 0 Å². The summed E-state index contributed by atoms with van der Waals surface area (Å²) in [6.07, 6.45) is 59.0. The monoisotopic (exact) mass is 1130 g/mol. The lowest BCUT2D eigenvalue weighted by Gasteiger charge is -2.41. The second-order valence-corrected chi connectivity index (χ2v) is 23.9. The lowest BCUT2D eigenvalue weighted by molar-refractivity contribution is -0.305. The van der Waals surface area contributed by atoms with Crippen LogP contribution in [0.15, 0.2) is 36.5 Å². The predicted molar refractivity (Wildman–Crippen MR) is 334 cm³/mol. The number of carbonyl (C=O) groups is 2. The van der Waals surface area contributed by atoms with Crippen molar-refractivity contribution >= 4 is 11.9 Å². The quantitative estimate of drug-likeness (QED) is 0.0195. The van der Waals surface area contributed by atoms with Gasteiger partial charge in [0.15, 0.2) is 12.4 Å². The van der Waals surface area contributed by atoms with Crippen molar-refractivity contribution in [2.75, 3.05) is 13.2 Å². The summed E-state index contributed by atoms with van der Waals surface area (Å²) in [4.78, 5) is 26.6. The molecule has 0 aromatic rings. The first-order valence-corrected chi connectivity index (χ1v) is 34.3. The first kappa shape index (κ1) is 75.9. The number of rotatable bonds is 59. The van der Waals surface area contributed by atoms with Crippen molar-refractivity contribution in [3.63, 3.8) is 0 Å². The molecular weight excluding hydrogens is 1000 g/mol. The number of amides is 1. The Morgan fingerprint density at radius 1 is 0.487 bits per heavy atom. The molecular formula is C69H129NO10. The summed E-state index contributed by atoms with van der Waals surface area (Å²) in [5.74, 6) is -1.19. The summed E-state index contributed by atoms with van der Waals surface area (Å²) in [7, 11) is 0. The fourth-order valence-electron chi connectivity index (χ4n) is 10.9. The predicted octanol–water partition coefficient (Wildman–Crippen LogP) is 17.0. The fraction of sp³-hybridized carbons (Fsp3) is 0.884. The van der Waals surface area contributed by atoms with Gasteiger partial charge in [0.05, 0.1) is 25.4 Å². The first-order valence-electron chi connectivity index (χ1n) is 34.3. The summed E-state index contributed by atoms with van der Waals surface area (Å²) < 4.78 is 17.7. The average molecular weight is 1130 g/mol. The van der Waals surface area contributed by atoms with E-state index < -0.39 is 67.4 Å². The SMILES string of the molecule is CCCCC/C=C\C/C=C\CCCCCCCCCC(=O)OC1C(OCC(NC(=O)C(O)CCCCCCCCCCCCCCCCCCCCCCCC)C(O)/C=C/CCCCCCCCCCCC)OC(CO)C(O)C1O. The molecule has 1 rings (SSSR count). The topological polar surface area (TPSA) is 175 Å². The zero-order valence-corrected chi connectivity index (χ0v) is 52.2. The molecule has 1 heterocycles. The van der Waals surface area contributed by atoms with Gasteiger partial charge >= 0.3 is 5.97 Å². The van der Waals surface area contributed by atoms with Gasteiger partial charge in [-0.15, -0.1) is 0 Å². The van der Waals surface area contributed by atoms with E-state index in [1.165, 1.54) is 205 Å². The molecule has 0 radical (unpaired) electrons. The molecule has 470 valence electrons. The largest absolute Gasteiger partial charge is 0.454 e. The van der Waals surface area contributed by atoms with Crippen LogP contribution in [0.1, 0.15) is 329 Å². The Balaban J connectivity index is 2.60. The normalized spacial score (nSPS) is 18.9. The highest BCUT2D eigenvalue weighted by atomic mass is 16.7. The lowest BCUT2D eigenvalue weighted by atomic mass is 9.99. The van der Waals surface area contributed by atoms with Gasteiger partial charge in [-0.3, -0.25) is 9.59 Å². The van der Waals surface area contributed by atoms with Gasteiger partial charge in [-0.05, 0) is 57.8 Å². The number of esters is 1. The molecule has 11 nitrogen and oxygen atoms in total. The highest BCUT2D eigenvalue weighted by molar-refractivity contribution is 5.80. The van der Waals surface area contributed by atoms with Crippen LogP contribution in [-0.4, -0.2) is 99.6 Å². The van der Waals surface area contributed by atoms with Crippen molar-refractivity contribution < 1.29 is 49.3 Å². The molecule has 1 aliphatic heterocycles. The van der Waals surface area contributed by atoms with E-state index in [0.29, 0.717) is 19.3 Å². The maximum Gasteiger partial charge on any atom is 0.306 e. The van der Waals surface area contributed by atoms with Gasteiger partial charge in [-0.25, -0.2) is 0 Å². The van der Waals surface area contributed by atoms with E-state index in [-0.39, 0.29) is 13.0 Å². The number of nitrogens with one attached hydrogen (secondary N) is 1. The zero-order valence-electron chi connectivity index (χ0n) is 52.2. The van der Waals surface area contributed by atoms with Crippen molar-refractivity contribution in [3.05, 3.63) is 36.5 Å². The summed E-state index contributed by atoms with van der Waals surface area (Å²) in [5.41, 5.74) is 0. The van der Waals surface area contributed by atoms with E-state index in [2.05, 4.69) is 50.4 Å². The first-order chi connectivity index (χ1) is 39.2. The Labute approximate surface area is 492 Å². The Morgan fingerprint density at radius 3 is 1.30 bits per heavy atom. The minimum atomic E-state index is -1.61. The van der Waals surface area contributed by atoms with E-state index in [1.807, 2.05) is 6.08 Å². The van der Waals surface area contributed by atoms with Gasteiger partial charge in [0.1, 0.15) is 24.4 Å². The standard InChI is InChI=1S/C69H129NO10/c1-4-7-10-13-16-19-22-25-27-29-30-31-32-33-35-36-38-41-44-47-50-53-56-62(73)68(77)70-60(61(72)55-52-49-46-43-40-24-21-18-15-12-9-6-3)59-78-69-67(66(76)65(75)63(58-71)79-69)80-64(74)57-54-51-48-45-42-39-37-34-28-26-23-20-17-14-11-8-5-2/h17,20,26,28,52,55,60-63,65-67,69,71-73,75-76H,4-16,18-19,21-25,27,29-51,53-54,56-59H2,1-3H3,(H,70,77)/b20-17-,28-26-,55-52+. The molecule has 11 heteroatoms. The molecule has 8 atom stereocenters. The van der Waals surface area contributed by atoms with Crippen molar-refractivity contribution in [1.82, 2.24) is 5.32 Å². The highest BCUT2D eigenvalue weighted by Gasteiger charge is 2.47. The van der Waals surface area contributed by atoms with Crippen LogP contribution in [0.25, 0.3) is 0 Å². The average Bonchev–Trinajstić information content (AvgIpc) is 3.45. The number of aliphatic hydroxyl groups excluding tert-OH is 5. The Hall–Kier alpha value is -2.12. The molecule has 6 N–H and O–H groups in total. The number of hydrogen-bond donors (Lipinski definition) is 6. The molecule has 1 fully saturated rings. The van der Waals surface area contributed by atoms with Gasteiger partial charge in [-0.1, -0.05) is 301 Å². The van der Waals surface area contributed by atoms with Crippen molar-refractivity contribution in [1.29, 1.82) is 0 Å². The number of hydrogen-bond acceptors (Lipinski definition) is 10. The number of aliphatic hydroxyl groups is 5. The molecule has 0 aliphatic carbocycles. The molecule has 0 bridgehead atoms. The van der Waals surface area contributed by atoms with Crippen LogP contribution in [0.2, 0.25) is 0 Å². The Bertz CT molecular complexity index is 1440. The Kier molecular flexibility index (Phi) is 54.4. The van der Waals surface area contributed by atoms with Crippen LogP contribution in [0.4, 0.5) is 0 Å². The third kappa shape index (κ3) is 44.4. The summed E-state index contributed by atoms with van der Waals surface area (Å²) >= 11 is 0. The molecule has 0 saturated carbocycles. The third-order valence-electron chi connectivity index (χ3n) is 16.3. The van der Waals surface area contributed by atoms with Crippen molar-refractivity contribution in [2.45, 2.75) is 378 Å². The molecule has 1 amide bonds. The minimum Gasteiger partial charge on any atom is -0.454 e. The maximum absolute atomic E-state index is 13.5. The molecule has 0 aromatic heterocycles. The van der Waals surface area contributed by atoms with E-state index in [1.54, 1.807) is 6.08 Å². The molecule has 0 aromatic carbocycles. The van der Waals surface area contributed by atoms with Gasteiger partial charge in [-0.2, -0.15) is 0 Å². The van der Waals surface area contributed by atoms with Gasteiger partial charge in [0.25, 0.3) is 0 Å². The van der Waals surface area contributed by atoms with E-state index in [9.17, 15) is 35.1 Å². The lowest BCUT2D eigenvalue weighted by Crippen LogP contribution is -2.61. The van der Waals surface area contributed by atoms with E-state index in [0.717, 1.165) is 77.0 Å². The van der Waals surface area contributed by atoms with Gasteiger partial charge < -0.3 is 45.1 Å². The second kappa shape index (κ2) is 57.3. The summed E-state index contributed by atoms with van der Waals surface area (Å²) in [5, 5.41) is 57.1. The van der Waals surface area contributed by atoms with E-state index >= 15 is 0 Å². The fourth-order valence-corrected chi connectivity index (χ4v) is 10.9. The van der Waals surface area contributed by atoms with Crippen LogP contribution in [0, 0.1) is 0 Å². The maximum atomic E-state index is 13.5. The van der Waals surface area contributed by atoms with Crippen LogP contribution in [0.5, 0.6) is 0 Å². The smallest absolute Gasteiger partial charge is 0.306 e. The molecule has 80 heavy (non-hydrogen) atoms. The Morgan fingerprint density at radius 2 is 0.863 bits per heavy atom. The van der Waals surface area contributed by atoms with Crippen LogP contribution >= 0.6 is 0 Å². The minimum absolute atomic E-state index is 0.117. The van der Waals surface area contributed by atoms with Gasteiger partial charge in [0.2, 0.25) is 5.91 Å².